The summed E-state index contributed by atoms with van der Waals surface area (Å²) in [5, 5.41) is 3.51. The zero-order valence-corrected chi connectivity index (χ0v) is 12.1. The van der Waals surface area contributed by atoms with Crippen molar-refractivity contribution in [1.82, 2.24) is 10.2 Å². The molecule has 0 spiro atoms. The first-order chi connectivity index (χ1) is 8.90. The molecular weight excluding hydrogens is 240 g/mol. The molecule has 1 aromatic rings. The Hall–Kier alpha value is -0.510. The quantitative estimate of drug-likeness (QED) is 0.795. The van der Waals surface area contributed by atoms with Crippen LogP contribution in [0, 0.1) is 0 Å². The number of nitrogens with zero attached hydrogens (tertiary/aromatic N) is 1. The second-order valence-corrected chi connectivity index (χ2v) is 6.06. The molecule has 1 saturated heterocycles. The molecule has 0 amide bonds. The highest BCUT2D eigenvalue weighted by Gasteiger charge is 2.12. The van der Waals surface area contributed by atoms with Crippen molar-refractivity contribution in [2.24, 2.45) is 0 Å². The predicted molar refractivity (Wildman–Crippen MR) is 81.0 cm³/mol. The van der Waals surface area contributed by atoms with E-state index in [2.05, 4.69) is 53.2 Å². The largest absolute Gasteiger partial charge is 0.313 e. The zero-order chi connectivity index (χ0) is 12.6. The van der Waals surface area contributed by atoms with Crippen LogP contribution in [-0.4, -0.2) is 36.0 Å². The Kier molecular flexibility index (Phi) is 6.05. The Labute approximate surface area is 115 Å². The van der Waals surface area contributed by atoms with Crippen LogP contribution in [0.25, 0.3) is 0 Å². The van der Waals surface area contributed by atoms with Gasteiger partial charge in [-0.1, -0.05) is 31.2 Å². The minimum absolute atomic E-state index is 1.01. The first-order valence-corrected chi connectivity index (χ1v) is 8.13. The Bertz CT molecular complexity index is 348. The maximum Gasteiger partial charge on any atom is 0.0237 e. The third-order valence-electron chi connectivity index (χ3n) is 3.36. The zero-order valence-electron chi connectivity index (χ0n) is 11.3. The number of nitrogens with one attached hydrogen (secondary N) is 1. The third-order valence-corrected chi connectivity index (χ3v) is 4.30. The third kappa shape index (κ3) is 4.30. The molecular formula is C15H24N2S. The molecule has 100 valence electrons. The van der Waals surface area contributed by atoms with Gasteiger partial charge in [-0.3, -0.25) is 4.90 Å². The van der Waals surface area contributed by atoms with E-state index in [9.17, 15) is 0 Å². The Morgan fingerprint density at radius 3 is 2.61 bits per heavy atom. The predicted octanol–water partition coefficient (Wildman–Crippen LogP) is 2.74. The molecule has 0 atom stereocenters. The van der Waals surface area contributed by atoms with Crippen molar-refractivity contribution in [3.05, 3.63) is 35.4 Å². The molecule has 18 heavy (non-hydrogen) atoms. The summed E-state index contributed by atoms with van der Waals surface area (Å²) in [6, 6.07) is 8.86. The first kappa shape index (κ1) is 13.9. The Balaban J connectivity index is 1.93. The molecule has 1 aliphatic rings. The Morgan fingerprint density at radius 2 is 1.89 bits per heavy atom. The molecule has 0 radical (unpaired) electrons. The van der Waals surface area contributed by atoms with Crippen LogP contribution in [0.2, 0.25) is 0 Å². The smallest absolute Gasteiger partial charge is 0.0237 e. The maximum absolute atomic E-state index is 3.51. The lowest BCUT2D eigenvalue weighted by Gasteiger charge is -2.27. The maximum atomic E-state index is 3.51. The second kappa shape index (κ2) is 7.82. The van der Waals surface area contributed by atoms with Crippen LogP contribution in [0.3, 0.4) is 0 Å². The number of thioether (sulfide) groups is 1. The molecule has 0 aromatic heterocycles. The van der Waals surface area contributed by atoms with Crippen LogP contribution in [0.4, 0.5) is 0 Å². The molecule has 1 N–H and O–H groups in total. The van der Waals surface area contributed by atoms with E-state index in [1.165, 1.54) is 42.1 Å². The van der Waals surface area contributed by atoms with Gasteiger partial charge in [0, 0.05) is 37.7 Å². The summed E-state index contributed by atoms with van der Waals surface area (Å²) in [6.07, 6.45) is 1.20. The monoisotopic (exact) mass is 264 g/mol. The second-order valence-electron chi connectivity index (χ2n) is 4.83. The van der Waals surface area contributed by atoms with Crippen molar-refractivity contribution in [3.8, 4) is 0 Å². The van der Waals surface area contributed by atoms with Gasteiger partial charge in [0.15, 0.2) is 0 Å². The standard InChI is InChI=1S/C15H24N2S/c1-2-7-16-12-14-5-3-4-6-15(14)13-17-8-10-18-11-9-17/h3-6,16H,2,7-13H2,1H3. The minimum Gasteiger partial charge on any atom is -0.313 e. The van der Waals surface area contributed by atoms with E-state index in [4.69, 9.17) is 0 Å². The van der Waals surface area contributed by atoms with E-state index >= 15 is 0 Å². The summed E-state index contributed by atoms with van der Waals surface area (Å²) in [5.41, 5.74) is 2.96. The van der Waals surface area contributed by atoms with Crippen molar-refractivity contribution >= 4 is 11.8 Å². The van der Waals surface area contributed by atoms with E-state index in [0.29, 0.717) is 0 Å². The molecule has 1 aromatic carbocycles. The lowest BCUT2D eigenvalue weighted by atomic mass is 10.1. The lowest BCUT2D eigenvalue weighted by molar-refractivity contribution is 0.293. The SMILES string of the molecule is CCCNCc1ccccc1CN1CCSCC1. The molecule has 0 aliphatic carbocycles. The van der Waals surface area contributed by atoms with Gasteiger partial charge in [0.05, 0.1) is 0 Å². The average molecular weight is 264 g/mol. The molecule has 1 fully saturated rings. The fraction of sp³-hybridized carbons (Fsp3) is 0.600. The summed E-state index contributed by atoms with van der Waals surface area (Å²) < 4.78 is 0. The first-order valence-electron chi connectivity index (χ1n) is 6.97. The van der Waals surface area contributed by atoms with Gasteiger partial charge in [0.25, 0.3) is 0 Å². The van der Waals surface area contributed by atoms with Crippen molar-refractivity contribution in [2.45, 2.75) is 26.4 Å². The van der Waals surface area contributed by atoms with Crippen molar-refractivity contribution in [1.29, 1.82) is 0 Å². The van der Waals surface area contributed by atoms with Gasteiger partial charge in [-0.2, -0.15) is 11.8 Å². The topological polar surface area (TPSA) is 15.3 Å². The fourth-order valence-electron chi connectivity index (χ4n) is 2.28. The summed E-state index contributed by atoms with van der Waals surface area (Å²) >= 11 is 2.08. The van der Waals surface area contributed by atoms with E-state index in [0.717, 1.165) is 19.6 Å². The van der Waals surface area contributed by atoms with E-state index < -0.39 is 0 Å². The molecule has 0 unspecified atom stereocenters. The van der Waals surface area contributed by atoms with E-state index in [1.54, 1.807) is 0 Å². The number of rotatable bonds is 6. The van der Waals surface area contributed by atoms with E-state index in [-0.39, 0.29) is 0 Å². The highest BCUT2D eigenvalue weighted by Crippen LogP contribution is 2.15. The van der Waals surface area contributed by atoms with Crippen LogP contribution in [0.1, 0.15) is 24.5 Å². The van der Waals surface area contributed by atoms with Crippen molar-refractivity contribution in [2.75, 3.05) is 31.1 Å². The summed E-state index contributed by atoms with van der Waals surface area (Å²) in [6.45, 7) is 7.92. The fourth-order valence-corrected chi connectivity index (χ4v) is 3.26. The summed E-state index contributed by atoms with van der Waals surface area (Å²) in [4.78, 5) is 2.58. The van der Waals surface area contributed by atoms with Crippen LogP contribution in [0.5, 0.6) is 0 Å². The lowest BCUT2D eigenvalue weighted by Crippen LogP contribution is -2.32. The van der Waals surface area contributed by atoms with Crippen LogP contribution >= 0.6 is 11.8 Å². The van der Waals surface area contributed by atoms with Gasteiger partial charge >= 0.3 is 0 Å². The van der Waals surface area contributed by atoms with Crippen LogP contribution in [-0.2, 0) is 13.1 Å². The van der Waals surface area contributed by atoms with Crippen LogP contribution in [0.15, 0.2) is 24.3 Å². The van der Waals surface area contributed by atoms with E-state index in [1.807, 2.05) is 0 Å². The molecule has 2 nitrogen and oxygen atoms in total. The molecule has 3 heteroatoms. The van der Waals surface area contributed by atoms with Gasteiger partial charge in [-0.25, -0.2) is 0 Å². The van der Waals surface area contributed by atoms with Gasteiger partial charge in [0.1, 0.15) is 0 Å². The van der Waals surface area contributed by atoms with Crippen molar-refractivity contribution < 1.29 is 0 Å². The molecule has 1 heterocycles. The number of hydrogen-bond acceptors (Lipinski definition) is 3. The normalized spacial score (nSPS) is 16.9. The average Bonchev–Trinajstić information content (AvgIpc) is 2.42. The highest BCUT2D eigenvalue weighted by molar-refractivity contribution is 7.99. The van der Waals surface area contributed by atoms with Gasteiger partial charge in [-0.15, -0.1) is 0 Å². The molecule has 2 rings (SSSR count). The van der Waals surface area contributed by atoms with Gasteiger partial charge < -0.3 is 5.32 Å². The summed E-state index contributed by atoms with van der Waals surface area (Å²) in [5.74, 6) is 2.58. The van der Waals surface area contributed by atoms with Gasteiger partial charge in [0.2, 0.25) is 0 Å². The van der Waals surface area contributed by atoms with Crippen molar-refractivity contribution in [3.63, 3.8) is 0 Å². The minimum atomic E-state index is 1.01. The highest BCUT2D eigenvalue weighted by atomic mass is 32.2. The molecule has 1 aliphatic heterocycles. The van der Waals surface area contributed by atoms with Gasteiger partial charge in [-0.05, 0) is 24.1 Å². The molecule has 0 saturated carbocycles. The number of benzene rings is 1. The van der Waals surface area contributed by atoms with Crippen LogP contribution < -0.4 is 5.32 Å². The Morgan fingerprint density at radius 1 is 1.17 bits per heavy atom. The number of hydrogen-bond donors (Lipinski definition) is 1. The summed E-state index contributed by atoms with van der Waals surface area (Å²) in [7, 11) is 0. The molecule has 0 bridgehead atoms.